The van der Waals surface area contributed by atoms with E-state index in [0.29, 0.717) is 6.42 Å². The number of nitrogens with two attached hydrogens (primary N) is 2. The minimum Gasteiger partial charge on any atom is -0.326 e. The fourth-order valence-electron chi connectivity index (χ4n) is 1.93. The minimum absolute atomic E-state index is 0.0199. The van der Waals surface area contributed by atoms with Crippen molar-refractivity contribution < 1.29 is 9.59 Å². The summed E-state index contributed by atoms with van der Waals surface area (Å²) in [5.74, 6) is 5.10. The number of nitrogens with zero attached hydrogens (tertiary/aromatic N) is 1. The number of carbonyl (C=O) groups is 2. The second-order valence-electron chi connectivity index (χ2n) is 4.46. The number of nitrogens with one attached hydrogen (secondary N) is 1. The van der Waals surface area contributed by atoms with E-state index in [1.807, 2.05) is 18.2 Å². The lowest BCUT2D eigenvalue weighted by Crippen LogP contribution is -2.35. The Bertz CT molecular complexity index is 499. The Morgan fingerprint density at radius 1 is 1.56 bits per heavy atom. The molecule has 96 valence electrons. The molecule has 0 saturated carbocycles. The molecule has 5 N–H and O–H groups in total. The topological polar surface area (TPSA) is 101 Å². The average molecular weight is 248 g/mol. The molecular formula is C12H16N4O2. The van der Waals surface area contributed by atoms with Gasteiger partial charge in [-0.15, -0.1) is 0 Å². The maximum Gasteiger partial charge on any atom is 0.238 e. The third kappa shape index (κ3) is 2.49. The van der Waals surface area contributed by atoms with Crippen molar-refractivity contribution in [3.8, 4) is 0 Å². The summed E-state index contributed by atoms with van der Waals surface area (Å²) >= 11 is 0. The number of hydrogen-bond acceptors (Lipinski definition) is 4. The molecule has 1 heterocycles. The first kappa shape index (κ1) is 12.5. The third-order valence-corrected chi connectivity index (χ3v) is 2.97. The van der Waals surface area contributed by atoms with Crippen molar-refractivity contribution in [2.75, 3.05) is 12.4 Å². The van der Waals surface area contributed by atoms with Crippen LogP contribution in [0.1, 0.15) is 23.6 Å². The van der Waals surface area contributed by atoms with Gasteiger partial charge in [0.25, 0.3) is 0 Å². The van der Waals surface area contributed by atoms with Crippen LogP contribution in [0.4, 0.5) is 5.69 Å². The van der Waals surface area contributed by atoms with Crippen LogP contribution in [0.25, 0.3) is 0 Å². The van der Waals surface area contributed by atoms with E-state index in [-0.39, 0.29) is 18.2 Å². The summed E-state index contributed by atoms with van der Waals surface area (Å²) in [6.07, 6.45) is 0.508. The third-order valence-electron chi connectivity index (χ3n) is 2.97. The van der Waals surface area contributed by atoms with E-state index in [1.54, 1.807) is 0 Å². The van der Waals surface area contributed by atoms with Gasteiger partial charge in [0.2, 0.25) is 11.8 Å². The molecule has 0 aromatic heterocycles. The van der Waals surface area contributed by atoms with Gasteiger partial charge in [-0.2, -0.15) is 0 Å². The van der Waals surface area contributed by atoms with Crippen LogP contribution < -0.4 is 16.9 Å². The lowest BCUT2D eigenvalue weighted by Gasteiger charge is -2.15. The summed E-state index contributed by atoms with van der Waals surface area (Å²) in [7, 11) is 1.49. The van der Waals surface area contributed by atoms with E-state index in [0.717, 1.165) is 21.8 Å². The van der Waals surface area contributed by atoms with Crippen LogP contribution in [0.15, 0.2) is 18.2 Å². The van der Waals surface area contributed by atoms with Gasteiger partial charge in [0.1, 0.15) is 0 Å². The normalized spacial score (nSPS) is 14.9. The summed E-state index contributed by atoms with van der Waals surface area (Å²) in [6, 6.07) is 5.08. The van der Waals surface area contributed by atoms with Crippen molar-refractivity contribution in [3.05, 3.63) is 29.3 Å². The van der Waals surface area contributed by atoms with E-state index in [4.69, 9.17) is 11.6 Å². The predicted octanol–water partition coefficient (Wildman–Crippen LogP) is -0.0968. The van der Waals surface area contributed by atoms with Gasteiger partial charge in [-0.25, -0.2) is 5.84 Å². The largest absolute Gasteiger partial charge is 0.326 e. The highest BCUT2D eigenvalue weighted by molar-refractivity contribution is 5.99. The molecule has 0 saturated heterocycles. The first-order valence-electron chi connectivity index (χ1n) is 5.67. The van der Waals surface area contributed by atoms with Gasteiger partial charge in [-0.3, -0.25) is 14.6 Å². The molecule has 1 atom stereocenters. The Hall–Kier alpha value is -1.92. The number of amides is 2. The lowest BCUT2D eigenvalue weighted by atomic mass is 10.0. The number of benzene rings is 1. The molecule has 0 aliphatic carbocycles. The maximum absolute atomic E-state index is 11.5. The smallest absolute Gasteiger partial charge is 0.238 e. The Labute approximate surface area is 105 Å². The van der Waals surface area contributed by atoms with Gasteiger partial charge < -0.3 is 11.1 Å². The molecule has 18 heavy (non-hydrogen) atoms. The standard InChI is InChI=1S/C12H16N4O2/c1-16(14)12(18)6-9(13)7-2-3-10-8(4-7)5-11(17)15-10/h2-4,9H,5-6,13-14H2,1H3,(H,15,17). The average Bonchev–Trinajstić information content (AvgIpc) is 2.67. The van der Waals surface area contributed by atoms with Crippen molar-refractivity contribution in [2.24, 2.45) is 11.6 Å². The molecule has 0 fully saturated rings. The molecule has 6 heteroatoms. The van der Waals surface area contributed by atoms with Crippen LogP contribution in [0, 0.1) is 0 Å². The van der Waals surface area contributed by atoms with Crippen LogP contribution >= 0.6 is 0 Å². The van der Waals surface area contributed by atoms with Gasteiger partial charge in [-0.1, -0.05) is 12.1 Å². The Morgan fingerprint density at radius 2 is 2.28 bits per heavy atom. The van der Waals surface area contributed by atoms with Gasteiger partial charge in [0.15, 0.2) is 0 Å². The zero-order chi connectivity index (χ0) is 13.3. The maximum atomic E-state index is 11.5. The molecule has 2 rings (SSSR count). The van der Waals surface area contributed by atoms with E-state index in [1.165, 1.54) is 7.05 Å². The summed E-state index contributed by atoms with van der Waals surface area (Å²) in [5.41, 5.74) is 8.52. The second-order valence-corrected chi connectivity index (χ2v) is 4.46. The van der Waals surface area contributed by atoms with Crippen LogP contribution in [-0.4, -0.2) is 23.9 Å². The number of fused-ring (bicyclic) bond motifs is 1. The molecule has 1 aromatic rings. The van der Waals surface area contributed by atoms with E-state index in [2.05, 4.69) is 5.32 Å². The molecule has 6 nitrogen and oxygen atoms in total. The molecule has 1 aliphatic rings. The van der Waals surface area contributed by atoms with E-state index in [9.17, 15) is 9.59 Å². The molecule has 0 bridgehead atoms. The van der Waals surface area contributed by atoms with Crippen LogP contribution in [0.2, 0.25) is 0 Å². The van der Waals surface area contributed by atoms with Crippen molar-refractivity contribution in [3.63, 3.8) is 0 Å². The quantitative estimate of drug-likeness (QED) is 0.395. The first-order valence-corrected chi connectivity index (χ1v) is 5.67. The zero-order valence-corrected chi connectivity index (χ0v) is 10.1. The van der Waals surface area contributed by atoms with E-state index < -0.39 is 6.04 Å². The molecule has 2 amide bonds. The fraction of sp³-hybridized carbons (Fsp3) is 0.333. The molecule has 0 radical (unpaired) electrons. The second kappa shape index (κ2) is 4.75. The molecular weight excluding hydrogens is 232 g/mol. The summed E-state index contributed by atoms with van der Waals surface area (Å²) in [4.78, 5) is 22.7. The summed E-state index contributed by atoms with van der Waals surface area (Å²) < 4.78 is 0. The Morgan fingerprint density at radius 3 is 2.94 bits per heavy atom. The SMILES string of the molecule is CN(N)C(=O)CC(N)c1ccc2c(c1)CC(=O)N2. The first-order chi connectivity index (χ1) is 8.47. The number of rotatable bonds is 3. The van der Waals surface area contributed by atoms with Crippen molar-refractivity contribution in [1.82, 2.24) is 5.01 Å². The summed E-state index contributed by atoms with van der Waals surface area (Å²) in [6.45, 7) is 0. The lowest BCUT2D eigenvalue weighted by molar-refractivity contribution is -0.130. The minimum atomic E-state index is -0.412. The Kier molecular flexibility index (Phi) is 3.31. The zero-order valence-electron chi connectivity index (χ0n) is 10.1. The van der Waals surface area contributed by atoms with Crippen LogP contribution in [-0.2, 0) is 16.0 Å². The number of hydrogen-bond donors (Lipinski definition) is 3. The van der Waals surface area contributed by atoms with Gasteiger partial charge in [0.05, 0.1) is 6.42 Å². The highest BCUT2D eigenvalue weighted by atomic mass is 16.2. The van der Waals surface area contributed by atoms with Crippen LogP contribution in [0.3, 0.4) is 0 Å². The molecule has 1 aliphatic heterocycles. The molecule has 1 unspecified atom stereocenters. The highest BCUT2D eigenvalue weighted by Gasteiger charge is 2.20. The monoisotopic (exact) mass is 248 g/mol. The fourth-order valence-corrected chi connectivity index (χ4v) is 1.93. The number of carbonyl (C=O) groups excluding carboxylic acids is 2. The Balaban J connectivity index is 2.13. The highest BCUT2D eigenvalue weighted by Crippen LogP contribution is 2.26. The van der Waals surface area contributed by atoms with Crippen molar-refractivity contribution >= 4 is 17.5 Å². The van der Waals surface area contributed by atoms with E-state index >= 15 is 0 Å². The van der Waals surface area contributed by atoms with Gasteiger partial charge in [-0.05, 0) is 17.2 Å². The van der Waals surface area contributed by atoms with Gasteiger partial charge in [0, 0.05) is 25.2 Å². The van der Waals surface area contributed by atoms with Crippen LogP contribution in [0.5, 0.6) is 0 Å². The molecule has 0 spiro atoms. The van der Waals surface area contributed by atoms with Crippen molar-refractivity contribution in [1.29, 1.82) is 0 Å². The van der Waals surface area contributed by atoms with Crippen molar-refractivity contribution in [2.45, 2.75) is 18.9 Å². The molecule has 1 aromatic carbocycles. The number of anilines is 1. The number of hydrazine groups is 1. The predicted molar refractivity (Wildman–Crippen MR) is 67.3 cm³/mol. The summed E-state index contributed by atoms with van der Waals surface area (Å²) in [5, 5.41) is 3.77. The van der Waals surface area contributed by atoms with Gasteiger partial charge >= 0.3 is 0 Å².